The van der Waals surface area contributed by atoms with Crippen LogP contribution in [0.5, 0.6) is 0 Å². The Morgan fingerprint density at radius 1 is 1.38 bits per heavy atom. The Bertz CT molecular complexity index is 273. The van der Waals surface area contributed by atoms with E-state index in [1.807, 2.05) is 42.7 Å². The Morgan fingerprint density at radius 2 is 2.00 bits per heavy atom. The lowest BCUT2D eigenvalue weighted by atomic mass is 10.1. The summed E-state index contributed by atoms with van der Waals surface area (Å²) in [5.41, 5.74) is 3.06. The van der Waals surface area contributed by atoms with Gasteiger partial charge in [-0.05, 0) is 12.5 Å². The van der Waals surface area contributed by atoms with E-state index in [-0.39, 0.29) is 12.1 Å². The maximum Gasteiger partial charge on any atom is 0.329 e. The zero-order valence-corrected chi connectivity index (χ0v) is 7.45. The van der Waals surface area contributed by atoms with Crippen molar-refractivity contribution in [3.63, 3.8) is 0 Å². The van der Waals surface area contributed by atoms with Gasteiger partial charge in [-0.3, -0.25) is 5.43 Å². The molecule has 0 radical (unpaired) electrons. The van der Waals surface area contributed by atoms with E-state index in [2.05, 4.69) is 5.32 Å². The Morgan fingerprint density at radius 3 is 2.54 bits per heavy atom. The molecule has 4 nitrogen and oxygen atoms in total. The third-order valence-corrected chi connectivity index (χ3v) is 1.78. The topological polar surface area (TPSA) is 67.2 Å². The molecule has 0 aliphatic heterocycles. The molecule has 4 N–H and O–H groups in total. The Labute approximate surface area is 77.1 Å². The monoisotopic (exact) mass is 179 g/mol. The largest absolute Gasteiger partial charge is 0.331 e. The van der Waals surface area contributed by atoms with Crippen molar-refractivity contribution in [2.24, 2.45) is 5.84 Å². The van der Waals surface area contributed by atoms with Crippen molar-refractivity contribution in [3.8, 4) is 0 Å². The Kier molecular flexibility index (Phi) is 3.28. The average molecular weight is 179 g/mol. The Hall–Kier alpha value is -1.55. The third-order valence-electron chi connectivity index (χ3n) is 1.78. The van der Waals surface area contributed by atoms with Gasteiger partial charge < -0.3 is 5.32 Å². The van der Waals surface area contributed by atoms with E-state index in [0.717, 1.165) is 5.56 Å². The number of benzene rings is 1. The van der Waals surface area contributed by atoms with Gasteiger partial charge in [-0.2, -0.15) is 0 Å². The number of nitrogens with one attached hydrogen (secondary N) is 2. The van der Waals surface area contributed by atoms with E-state index in [4.69, 9.17) is 5.84 Å². The molecule has 0 fully saturated rings. The lowest BCUT2D eigenvalue weighted by Gasteiger charge is -2.13. The Balaban J connectivity index is 2.59. The second-order valence-corrected chi connectivity index (χ2v) is 2.75. The van der Waals surface area contributed by atoms with Gasteiger partial charge in [0.2, 0.25) is 0 Å². The lowest BCUT2D eigenvalue weighted by molar-refractivity contribution is 0.238. The number of nitrogens with two attached hydrogens (primary N) is 1. The zero-order valence-electron chi connectivity index (χ0n) is 7.45. The SMILES string of the molecule is CC(NC(=O)NN)c1ccccc1. The predicted molar refractivity (Wildman–Crippen MR) is 50.7 cm³/mol. The first kappa shape index (κ1) is 9.54. The molecule has 1 unspecified atom stereocenters. The van der Waals surface area contributed by atoms with Crippen LogP contribution in [0, 0.1) is 0 Å². The van der Waals surface area contributed by atoms with E-state index in [1.165, 1.54) is 0 Å². The van der Waals surface area contributed by atoms with Crippen LogP contribution in [0.2, 0.25) is 0 Å². The fourth-order valence-corrected chi connectivity index (χ4v) is 1.06. The van der Waals surface area contributed by atoms with Crippen LogP contribution in [0.1, 0.15) is 18.5 Å². The van der Waals surface area contributed by atoms with Crippen LogP contribution in [0.15, 0.2) is 30.3 Å². The fraction of sp³-hybridized carbons (Fsp3) is 0.222. The average Bonchev–Trinajstić information content (AvgIpc) is 2.19. The van der Waals surface area contributed by atoms with Gasteiger partial charge in [0, 0.05) is 0 Å². The highest BCUT2D eigenvalue weighted by molar-refractivity contribution is 5.73. The number of rotatable bonds is 2. The first-order chi connectivity index (χ1) is 6.24. The van der Waals surface area contributed by atoms with Gasteiger partial charge in [-0.1, -0.05) is 30.3 Å². The molecule has 4 heteroatoms. The second kappa shape index (κ2) is 4.47. The van der Waals surface area contributed by atoms with Crippen molar-refractivity contribution in [1.29, 1.82) is 0 Å². The van der Waals surface area contributed by atoms with Gasteiger partial charge >= 0.3 is 6.03 Å². The molecule has 0 aromatic heterocycles. The summed E-state index contributed by atoms with van der Waals surface area (Å²) in [4.78, 5) is 10.8. The molecule has 2 amide bonds. The number of hydrogen-bond acceptors (Lipinski definition) is 2. The molecule has 0 heterocycles. The second-order valence-electron chi connectivity index (χ2n) is 2.75. The number of carbonyl (C=O) groups is 1. The summed E-state index contributed by atoms with van der Waals surface area (Å²) in [7, 11) is 0. The van der Waals surface area contributed by atoms with Crippen LogP contribution in [0.25, 0.3) is 0 Å². The zero-order chi connectivity index (χ0) is 9.68. The van der Waals surface area contributed by atoms with Crippen molar-refractivity contribution in [3.05, 3.63) is 35.9 Å². The van der Waals surface area contributed by atoms with E-state index >= 15 is 0 Å². The molecule has 1 atom stereocenters. The summed E-state index contributed by atoms with van der Waals surface area (Å²) >= 11 is 0. The highest BCUT2D eigenvalue weighted by Gasteiger charge is 2.06. The van der Waals surface area contributed by atoms with Gasteiger partial charge in [-0.25, -0.2) is 10.6 Å². The molecule has 13 heavy (non-hydrogen) atoms. The molecule has 1 aromatic carbocycles. The summed E-state index contributed by atoms with van der Waals surface area (Å²) in [6.07, 6.45) is 0. The normalized spacial score (nSPS) is 11.8. The number of hydrogen-bond donors (Lipinski definition) is 3. The lowest BCUT2D eigenvalue weighted by Crippen LogP contribution is -2.40. The van der Waals surface area contributed by atoms with Crippen molar-refractivity contribution in [2.75, 3.05) is 0 Å². The van der Waals surface area contributed by atoms with Crippen molar-refractivity contribution >= 4 is 6.03 Å². The summed E-state index contributed by atoms with van der Waals surface area (Å²) in [6.45, 7) is 1.89. The van der Waals surface area contributed by atoms with Gasteiger partial charge in [0.05, 0.1) is 6.04 Å². The minimum absolute atomic E-state index is 0.0373. The highest BCUT2D eigenvalue weighted by Crippen LogP contribution is 2.10. The predicted octanol–water partition coefficient (Wildman–Crippen LogP) is 0.920. The molecule has 70 valence electrons. The van der Waals surface area contributed by atoms with Crippen LogP contribution in [-0.4, -0.2) is 6.03 Å². The molecule has 1 aromatic rings. The van der Waals surface area contributed by atoms with Crippen LogP contribution < -0.4 is 16.6 Å². The van der Waals surface area contributed by atoms with E-state index in [0.29, 0.717) is 0 Å². The molecular formula is C9H13N3O. The summed E-state index contributed by atoms with van der Waals surface area (Å²) in [5, 5.41) is 2.67. The summed E-state index contributed by atoms with van der Waals surface area (Å²) in [5.74, 6) is 4.94. The van der Waals surface area contributed by atoms with Gasteiger partial charge in [0.25, 0.3) is 0 Å². The van der Waals surface area contributed by atoms with E-state index in [1.54, 1.807) is 0 Å². The molecule has 0 saturated carbocycles. The minimum atomic E-state index is -0.378. The van der Waals surface area contributed by atoms with Crippen LogP contribution in [-0.2, 0) is 0 Å². The molecule has 0 saturated heterocycles. The molecule has 0 spiro atoms. The standard InChI is InChI=1S/C9H13N3O/c1-7(11-9(13)12-10)8-5-3-2-4-6-8/h2-7H,10H2,1H3,(H2,11,12,13). The van der Waals surface area contributed by atoms with E-state index < -0.39 is 0 Å². The van der Waals surface area contributed by atoms with E-state index in [9.17, 15) is 4.79 Å². The summed E-state index contributed by atoms with van der Waals surface area (Å²) < 4.78 is 0. The van der Waals surface area contributed by atoms with Crippen molar-refractivity contribution in [2.45, 2.75) is 13.0 Å². The molecule has 0 aliphatic rings. The molecule has 0 aliphatic carbocycles. The first-order valence-electron chi connectivity index (χ1n) is 4.06. The molecule has 1 rings (SSSR count). The smallest absolute Gasteiger partial charge is 0.329 e. The minimum Gasteiger partial charge on any atom is -0.331 e. The van der Waals surface area contributed by atoms with Crippen LogP contribution >= 0.6 is 0 Å². The third kappa shape index (κ3) is 2.76. The molecular weight excluding hydrogens is 166 g/mol. The molecule has 0 bridgehead atoms. The maximum absolute atomic E-state index is 10.8. The highest BCUT2D eigenvalue weighted by atomic mass is 16.2. The maximum atomic E-state index is 10.8. The quantitative estimate of drug-likeness (QED) is 0.359. The first-order valence-corrected chi connectivity index (χ1v) is 4.06. The van der Waals surface area contributed by atoms with Gasteiger partial charge in [-0.15, -0.1) is 0 Å². The number of urea groups is 1. The fourth-order valence-electron chi connectivity index (χ4n) is 1.06. The number of amides is 2. The number of hydrazine groups is 1. The number of carbonyl (C=O) groups excluding carboxylic acids is 1. The van der Waals surface area contributed by atoms with Crippen LogP contribution in [0.4, 0.5) is 4.79 Å². The van der Waals surface area contributed by atoms with Gasteiger partial charge in [0.1, 0.15) is 0 Å². The van der Waals surface area contributed by atoms with Crippen LogP contribution in [0.3, 0.4) is 0 Å². The summed E-state index contributed by atoms with van der Waals surface area (Å²) in [6, 6.07) is 9.25. The van der Waals surface area contributed by atoms with Crippen molar-refractivity contribution < 1.29 is 4.79 Å². The van der Waals surface area contributed by atoms with Crippen molar-refractivity contribution in [1.82, 2.24) is 10.7 Å². The van der Waals surface area contributed by atoms with Gasteiger partial charge in [0.15, 0.2) is 0 Å².